The van der Waals surface area contributed by atoms with Crippen molar-refractivity contribution < 1.29 is 8.42 Å². The van der Waals surface area contributed by atoms with Gasteiger partial charge in [-0.05, 0) is 18.9 Å². The molecule has 0 aromatic carbocycles. The second-order valence-electron chi connectivity index (χ2n) is 3.89. The van der Waals surface area contributed by atoms with Gasteiger partial charge in [0.15, 0.2) is 9.84 Å². The Morgan fingerprint density at radius 1 is 1.50 bits per heavy atom. The van der Waals surface area contributed by atoms with E-state index in [0.717, 1.165) is 5.56 Å². The SMILES string of the molecule is NCc1ccc(C2CCCS2(=O)=O)nc1Cl. The molecule has 0 saturated carbocycles. The molecular weight excluding hydrogens is 248 g/mol. The molecule has 4 nitrogen and oxygen atoms in total. The minimum Gasteiger partial charge on any atom is -0.326 e. The van der Waals surface area contributed by atoms with Gasteiger partial charge >= 0.3 is 0 Å². The molecule has 1 fully saturated rings. The molecule has 0 radical (unpaired) electrons. The van der Waals surface area contributed by atoms with Gasteiger partial charge in [0.05, 0.1) is 11.4 Å². The maximum absolute atomic E-state index is 11.7. The topological polar surface area (TPSA) is 73.1 Å². The van der Waals surface area contributed by atoms with E-state index in [-0.39, 0.29) is 5.75 Å². The molecule has 0 aliphatic carbocycles. The second-order valence-corrected chi connectivity index (χ2v) is 6.55. The molecule has 1 aliphatic heterocycles. The van der Waals surface area contributed by atoms with E-state index in [4.69, 9.17) is 17.3 Å². The number of sulfone groups is 1. The van der Waals surface area contributed by atoms with E-state index in [2.05, 4.69) is 4.98 Å². The highest BCUT2D eigenvalue weighted by atomic mass is 35.5. The normalized spacial score (nSPS) is 23.5. The third-order valence-electron chi connectivity index (χ3n) is 2.83. The minimum atomic E-state index is -3.03. The summed E-state index contributed by atoms with van der Waals surface area (Å²) in [6, 6.07) is 3.46. The summed E-state index contributed by atoms with van der Waals surface area (Å²) in [6.45, 7) is 0.309. The van der Waals surface area contributed by atoms with E-state index in [1.165, 1.54) is 0 Å². The Hall–Kier alpha value is -0.650. The summed E-state index contributed by atoms with van der Waals surface area (Å²) in [6.07, 6.45) is 1.33. The van der Waals surface area contributed by atoms with Gasteiger partial charge in [-0.15, -0.1) is 0 Å². The average molecular weight is 261 g/mol. The predicted molar refractivity (Wildman–Crippen MR) is 62.9 cm³/mol. The van der Waals surface area contributed by atoms with Crippen LogP contribution < -0.4 is 5.73 Å². The Bertz CT molecular complexity index is 502. The van der Waals surface area contributed by atoms with Crippen LogP contribution in [0.4, 0.5) is 0 Å². The number of halogens is 1. The minimum absolute atomic E-state index is 0.246. The van der Waals surface area contributed by atoms with Gasteiger partial charge in [0.25, 0.3) is 0 Å². The fraction of sp³-hybridized carbons (Fsp3) is 0.500. The van der Waals surface area contributed by atoms with Gasteiger partial charge < -0.3 is 5.73 Å². The second kappa shape index (κ2) is 4.31. The Morgan fingerprint density at radius 2 is 2.25 bits per heavy atom. The van der Waals surface area contributed by atoms with E-state index in [0.29, 0.717) is 30.2 Å². The molecule has 2 heterocycles. The van der Waals surface area contributed by atoms with Crippen molar-refractivity contribution in [2.45, 2.75) is 24.6 Å². The highest BCUT2D eigenvalue weighted by molar-refractivity contribution is 7.91. The smallest absolute Gasteiger partial charge is 0.158 e. The zero-order chi connectivity index (χ0) is 11.8. The van der Waals surface area contributed by atoms with E-state index < -0.39 is 15.1 Å². The van der Waals surface area contributed by atoms with Crippen LogP contribution in [0, 0.1) is 0 Å². The number of pyridine rings is 1. The van der Waals surface area contributed by atoms with Crippen molar-refractivity contribution in [1.82, 2.24) is 4.98 Å². The third-order valence-corrected chi connectivity index (χ3v) is 5.36. The molecule has 1 aliphatic rings. The summed E-state index contributed by atoms with van der Waals surface area (Å²) in [5.41, 5.74) is 6.74. The maximum Gasteiger partial charge on any atom is 0.158 e. The van der Waals surface area contributed by atoms with E-state index in [9.17, 15) is 8.42 Å². The van der Waals surface area contributed by atoms with Crippen LogP contribution in [0.5, 0.6) is 0 Å². The zero-order valence-corrected chi connectivity index (χ0v) is 10.3. The molecule has 2 rings (SSSR count). The number of aromatic nitrogens is 1. The first kappa shape index (κ1) is 11.8. The van der Waals surface area contributed by atoms with Crippen LogP contribution in [-0.2, 0) is 16.4 Å². The predicted octanol–water partition coefficient (Wildman–Crippen LogP) is 1.44. The molecule has 1 saturated heterocycles. The summed E-state index contributed by atoms with van der Waals surface area (Å²) < 4.78 is 23.4. The van der Waals surface area contributed by atoms with Crippen LogP contribution in [0.2, 0.25) is 5.15 Å². The van der Waals surface area contributed by atoms with E-state index in [1.54, 1.807) is 12.1 Å². The molecule has 0 spiro atoms. The lowest BCUT2D eigenvalue weighted by Crippen LogP contribution is -2.10. The number of hydrogen-bond acceptors (Lipinski definition) is 4. The first-order valence-corrected chi connectivity index (χ1v) is 7.21. The number of nitrogens with zero attached hydrogens (tertiary/aromatic N) is 1. The Kier molecular flexibility index (Phi) is 3.19. The average Bonchev–Trinajstić information content (AvgIpc) is 2.58. The summed E-state index contributed by atoms with van der Waals surface area (Å²) in [5.74, 6) is 0.246. The van der Waals surface area contributed by atoms with E-state index in [1.807, 2.05) is 0 Å². The zero-order valence-electron chi connectivity index (χ0n) is 8.69. The van der Waals surface area contributed by atoms with Crippen LogP contribution in [0.1, 0.15) is 29.3 Å². The number of hydrogen-bond donors (Lipinski definition) is 1. The first-order valence-electron chi connectivity index (χ1n) is 5.11. The standard InChI is InChI=1S/C10H13ClN2O2S/c11-10-7(6-12)3-4-8(13-10)9-2-1-5-16(9,14)15/h3-4,9H,1-2,5-6,12H2. The van der Waals surface area contributed by atoms with Gasteiger partial charge in [-0.2, -0.15) is 0 Å². The van der Waals surface area contributed by atoms with Gasteiger partial charge in [0.2, 0.25) is 0 Å². The van der Waals surface area contributed by atoms with Crippen molar-refractivity contribution >= 4 is 21.4 Å². The summed E-state index contributed by atoms with van der Waals surface area (Å²) in [5, 5.41) is -0.182. The molecule has 2 N–H and O–H groups in total. The van der Waals surface area contributed by atoms with Crippen molar-refractivity contribution in [2.24, 2.45) is 5.73 Å². The van der Waals surface area contributed by atoms with Gasteiger partial charge in [-0.25, -0.2) is 13.4 Å². The summed E-state index contributed by atoms with van der Waals surface area (Å²) in [4.78, 5) is 4.13. The summed E-state index contributed by atoms with van der Waals surface area (Å²) >= 11 is 5.92. The van der Waals surface area contributed by atoms with Crippen molar-refractivity contribution in [1.29, 1.82) is 0 Å². The van der Waals surface area contributed by atoms with Gasteiger partial charge in [0.1, 0.15) is 10.4 Å². The van der Waals surface area contributed by atoms with Crippen LogP contribution >= 0.6 is 11.6 Å². The molecule has 0 amide bonds. The van der Waals surface area contributed by atoms with Crippen LogP contribution in [-0.4, -0.2) is 19.2 Å². The van der Waals surface area contributed by atoms with E-state index >= 15 is 0 Å². The highest BCUT2D eigenvalue weighted by Crippen LogP contribution is 2.34. The van der Waals surface area contributed by atoms with Gasteiger partial charge in [0, 0.05) is 12.1 Å². The van der Waals surface area contributed by atoms with Crippen molar-refractivity contribution in [3.05, 3.63) is 28.5 Å². The van der Waals surface area contributed by atoms with Crippen molar-refractivity contribution in [3.8, 4) is 0 Å². The molecule has 16 heavy (non-hydrogen) atoms. The maximum atomic E-state index is 11.7. The first-order chi connectivity index (χ1) is 7.54. The number of rotatable bonds is 2. The molecule has 1 atom stereocenters. The largest absolute Gasteiger partial charge is 0.326 e. The highest BCUT2D eigenvalue weighted by Gasteiger charge is 2.33. The Morgan fingerprint density at radius 3 is 2.75 bits per heavy atom. The van der Waals surface area contributed by atoms with Crippen molar-refractivity contribution in [2.75, 3.05) is 5.75 Å². The Labute approximate surface area is 99.7 Å². The molecule has 0 bridgehead atoms. The fourth-order valence-corrected chi connectivity index (χ4v) is 4.05. The van der Waals surface area contributed by atoms with Gasteiger partial charge in [-0.1, -0.05) is 17.7 Å². The third kappa shape index (κ3) is 2.07. The van der Waals surface area contributed by atoms with Crippen molar-refractivity contribution in [3.63, 3.8) is 0 Å². The molecule has 1 unspecified atom stereocenters. The molecule has 1 aromatic rings. The molecular formula is C10H13ClN2O2S. The molecule has 6 heteroatoms. The molecule has 88 valence electrons. The van der Waals surface area contributed by atoms with Crippen LogP contribution in [0.15, 0.2) is 12.1 Å². The van der Waals surface area contributed by atoms with Gasteiger partial charge in [-0.3, -0.25) is 0 Å². The number of nitrogens with two attached hydrogens (primary N) is 1. The lowest BCUT2D eigenvalue weighted by molar-refractivity contribution is 0.591. The molecule has 1 aromatic heterocycles. The lowest BCUT2D eigenvalue weighted by atomic mass is 10.1. The lowest BCUT2D eigenvalue weighted by Gasteiger charge is -2.10. The Balaban J connectivity index is 2.39. The monoisotopic (exact) mass is 260 g/mol. The van der Waals surface area contributed by atoms with Crippen LogP contribution in [0.25, 0.3) is 0 Å². The quantitative estimate of drug-likeness (QED) is 0.817. The summed E-state index contributed by atoms with van der Waals surface area (Å²) in [7, 11) is -3.03. The van der Waals surface area contributed by atoms with Crippen LogP contribution in [0.3, 0.4) is 0 Å². The fourth-order valence-electron chi connectivity index (χ4n) is 1.93.